The van der Waals surface area contributed by atoms with E-state index in [0.717, 1.165) is 10.2 Å². The lowest BCUT2D eigenvalue weighted by molar-refractivity contribution is 0.262. The van der Waals surface area contributed by atoms with Gasteiger partial charge in [-0.15, -0.1) is 0 Å². The number of urea groups is 1. The predicted molar refractivity (Wildman–Crippen MR) is 77.6 cm³/mol. The summed E-state index contributed by atoms with van der Waals surface area (Å²) in [6, 6.07) is 14.2. The minimum atomic E-state index is -0.303. The van der Waals surface area contributed by atoms with E-state index in [-0.39, 0.29) is 6.03 Å². The van der Waals surface area contributed by atoms with Gasteiger partial charge in [-0.25, -0.2) is 4.79 Å². The summed E-state index contributed by atoms with van der Waals surface area (Å²) in [4.78, 5) is 11.7. The van der Waals surface area contributed by atoms with E-state index in [9.17, 15) is 4.79 Å². The monoisotopic (exact) mass is 305 g/mol. The maximum atomic E-state index is 11.7. The molecule has 0 unspecified atom stereocenters. The van der Waals surface area contributed by atoms with Crippen LogP contribution in [0.5, 0.6) is 0 Å². The van der Waals surface area contributed by atoms with Crippen LogP contribution in [0.15, 0.2) is 53.0 Å². The Hall–Kier alpha value is -2.01. The smallest absolute Gasteiger partial charge is 0.323 e. The third-order valence-electron chi connectivity index (χ3n) is 2.29. The average molecular weight is 306 g/mol. The first-order chi connectivity index (χ1) is 8.65. The molecule has 0 aromatic heterocycles. The van der Waals surface area contributed by atoms with Crippen molar-refractivity contribution in [3.63, 3.8) is 0 Å². The number of nitrogens with two attached hydrogens (primary N) is 1. The highest BCUT2D eigenvalue weighted by atomic mass is 79.9. The van der Waals surface area contributed by atoms with Gasteiger partial charge in [0.1, 0.15) is 0 Å². The lowest BCUT2D eigenvalue weighted by atomic mass is 10.3. The standard InChI is InChI=1S/C13H12BrN3O/c14-11-7-6-10(8-12(11)15)17-13(18)16-9-4-2-1-3-5-9/h1-8H,15H2,(H2,16,17,18). The van der Waals surface area contributed by atoms with Gasteiger partial charge < -0.3 is 16.4 Å². The van der Waals surface area contributed by atoms with Crippen molar-refractivity contribution < 1.29 is 4.79 Å². The van der Waals surface area contributed by atoms with Crippen molar-refractivity contribution in [3.8, 4) is 0 Å². The summed E-state index contributed by atoms with van der Waals surface area (Å²) in [6.45, 7) is 0. The number of anilines is 3. The van der Waals surface area contributed by atoms with Crippen LogP contribution >= 0.6 is 15.9 Å². The van der Waals surface area contributed by atoms with E-state index >= 15 is 0 Å². The van der Waals surface area contributed by atoms with Crippen LogP contribution in [-0.4, -0.2) is 6.03 Å². The van der Waals surface area contributed by atoms with Crippen molar-refractivity contribution in [1.29, 1.82) is 0 Å². The average Bonchev–Trinajstić information content (AvgIpc) is 2.35. The number of amides is 2. The molecule has 0 radical (unpaired) electrons. The molecule has 0 bridgehead atoms. The van der Waals surface area contributed by atoms with E-state index < -0.39 is 0 Å². The Morgan fingerprint density at radius 1 is 1.00 bits per heavy atom. The van der Waals surface area contributed by atoms with Gasteiger partial charge in [-0.3, -0.25) is 0 Å². The van der Waals surface area contributed by atoms with Crippen LogP contribution in [0, 0.1) is 0 Å². The maximum absolute atomic E-state index is 11.7. The third-order valence-corrected chi connectivity index (χ3v) is 3.01. The summed E-state index contributed by atoms with van der Waals surface area (Å²) in [6.07, 6.45) is 0. The second kappa shape index (κ2) is 5.55. The molecule has 5 heteroatoms. The van der Waals surface area contributed by atoms with Crippen molar-refractivity contribution in [2.75, 3.05) is 16.4 Å². The molecule has 0 atom stereocenters. The highest BCUT2D eigenvalue weighted by molar-refractivity contribution is 9.10. The Morgan fingerprint density at radius 2 is 1.67 bits per heavy atom. The molecule has 2 amide bonds. The maximum Gasteiger partial charge on any atom is 0.323 e. The van der Waals surface area contributed by atoms with Gasteiger partial charge >= 0.3 is 6.03 Å². The van der Waals surface area contributed by atoms with E-state index in [0.29, 0.717) is 11.4 Å². The van der Waals surface area contributed by atoms with Crippen molar-refractivity contribution in [2.45, 2.75) is 0 Å². The van der Waals surface area contributed by atoms with Crippen LogP contribution in [0.4, 0.5) is 21.9 Å². The number of nitrogens with one attached hydrogen (secondary N) is 2. The van der Waals surface area contributed by atoms with Gasteiger partial charge in [0.05, 0.1) is 0 Å². The van der Waals surface area contributed by atoms with Crippen molar-refractivity contribution in [3.05, 3.63) is 53.0 Å². The fraction of sp³-hybridized carbons (Fsp3) is 0. The summed E-state index contributed by atoms with van der Waals surface area (Å²) >= 11 is 3.30. The van der Waals surface area contributed by atoms with Gasteiger partial charge in [-0.2, -0.15) is 0 Å². The molecule has 0 aliphatic carbocycles. The topological polar surface area (TPSA) is 67.1 Å². The second-order valence-corrected chi connectivity index (χ2v) is 4.54. The zero-order valence-electron chi connectivity index (χ0n) is 9.48. The number of hydrogen-bond acceptors (Lipinski definition) is 2. The number of nitrogen functional groups attached to an aromatic ring is 1. The van der Waals surface area contributed by atoms with Crippen molar-refractivity contribution >= 4 is 39.0 Å². The molecule has 92 valence electrons. The Morgan fingerprint density at radius 3 is 2.33 bits per heavy atom. The van der Waals surface area contributed by atoms with E-state index in [1.54, 1.807) is 18.2 Å². The second-order valence-electron chi connectivity index (χ2n) is 3.68. The van der Waals surface area contributed by atoms with E-state index in [1.807, 2.05) is 30.3 Å². The highest BCUT2D eigenvalue weighted by Crippen LogP contribution is 2.22. The molecule has 4 N–H and O–H groups in total. The molecule has 0 heterocycles. The molecule has 0 saturated carbocycles. The molecule has 0 aliphatic heterocycles. The lowest BCUT2D eigenvalue weighted by Gasteiger charge is -2.08. The molecule has 2 aromatic rings. The van der Waals surface area contributed by atoms with Gasteiger partial charge in [0, 0.05) is 21.5 Å². The Labute approximate surface area is 113 Å². The molecule has 2 rings (SSSR count). The van der Waals surface area contributed by atoms with Crippen LogP contribution in [0.2, 0.25) is 0 Å². The molecule has 4 nitrogen and oxygen atoms in total. The minimum absolute atomic E-state index is 0.303. The fourth-order valence-corrected chi connectivity index (χ4v) is 1.68. The zero-order valence-corrected chi connectivity index (χ0v) is 11.1. The Bertz CT molecular complexity index is 557. The normalized spacial score (nSPS) is 9.83. The molecule has 2 aromatic carbocycles. The van der Waals surface area contributed by atoms with E-state index in [4.69, 9.17) is 5.73 Å². The van der Waals surface area contributed by atoms with Gasteiger partial charge in [0.2, 0.25) is 0 Å². The summed E-state index contributed by atoms with van der Waals surface area (Å²) in [5, 5.41) is 5.43. The number of benzene rings is 2. The van der Waals surface area contributed by atoms with E-state index in [2.05, 4.69) is 26.6 Å². The number of halogens is 1. The molecule has 18 heavy (non-hydrogen) atoms. The number of hydrogen-bond donors (Lipinski definition) is 3. The molecule has 0 fully saturated rings. The summed E-state index contributed by atoms with van der Waals surface area (Å²) in [7, 11) is 0. The van der Waals surface area contributed by atoms with Crippen LogP contribution in [0.1, 0.15) is 0 Å². The molecular formula is C13H12BrN3O. The van der Waals surface area contributed by atoms with Crippen LogP contribution < -0.4 is 16.4 Å². The largest absolute Gasteiger partial charge is 0.398 e. The number of carbonyl (C=O) groups excluding carboxylic acids is 1. The first-order valence-corrected chi connectivity index (χ1v) is 6.12. The highest BCUT2D eigenvalue weighted by Gasteiger charge is 2.03. The first-order valence-electron chi connectivity index (χ1n) is 5.33. The molecule has 0 spiro atoms. The quantitative estimate of drug-likeness (QED) is 0.741. The Balaban J connectivity index is 2.01. The molecule has 0 saturated heterocycles. The van der Waals surface area contributed by atoms with Crippen LogP contribution in [0.3, 0.4) is 0 Å². The zero-order chi connectivity index (χ0) is 13.0. The van der Waals surface area contributed by atoms with Crippen molar-refractivity contribution in [1.82, 2.24) is 0 Å². The number of rotatable bonds is 2. The number of carbonyl (C=O) groups is 1. The van der Waals surface area contributed by atoms with Gasteiger partial charge in [0.15, 0.2) is 0 Å². The summed E-state index contributed by atoms with van der Waals surface area (Å²) in [5.41, 5.74) is 7.69. The first kappa shape index (κ1) is 12.4. The van der Waals surface area contributed by atoms with Gasteiger partial charge in [-0.05, 0) is 46.3 Å². The van der Waals surface area contributed by atoms with E-state index in [1.165, 1.54) is 0 Å². The SMILES string of the molecule is Nc1cc(NC(=O)Nc2ccccc2)ccc1Br. The van der Waals surface area contributed by atoms with Gasteiger partial charge in [-0.1, -0.05) is 18.2 Å². The fourth-order valence-electron chi connectivity index (χ4n) is 1.44. The van der Waals surface area contributed by atoms with Gasteiger partial charge in [0.25, 0.3) is 0 Å². The lowest BCUT2D eigenvalue weighted by Crippen LogP contribution is -2.19. The van der Waals surface area contributed by atoms with Crippen LogP contribution in [-0.2, 0) is 0 Å². The minimum Gasteiger partial charge on any atom is -0.398 e. The van der Waals surface area contributed by atoms with Crippen molar-refractivity contribution in [2.24, 2.45) is 0 Å². The Kier molecular flexibility index (Phi) is 3.84. The van der Waals surface area contributed by atoms with Crippen LogP contribution in [0.25, 0.3) is 0 Å². The predicted octanol–water partition coefficient (Wildman–Crippen LogP) is 3.68. The summed E-state index contributed by atoms with van der Waals surface area (Å²) < 4.78 is 0.802. The number of para-hydroxylation sites is 1. The molecule has 0 aliphatic rings. The summed E-state index contributed by atoms with van der Waals surface area (Å²) in [5.74, 6) is 0. The third kappa shape index (κ3) is 3.24. The molecular weight excluding hydrogens is 294 g/mol.